The van der Waals surface area contributed by atoms with Gasteiger partial charge in [-0.25, -0.2) is 0 Å². The van der Waals surface area contributed by atoms with Crippen LogP contribution in [-0.2, 0) is 4.79 Å². The summed E-state index contributed by atoms with van der Waals surface area (Å²) in [7, 11) is 0. The molecule has 0 spiro atoms. The normalized spacial score (nSPS) is 10.0. The van der Waals surface area contributed by atoms with Crippen molar-refractivity contribution in [1.29, 1.82) is 5.26 Å². The zero-order valence-corrected chi connectivity index (χ0v) is 7.55. The molecule has 0 N–H and O–H groups in total. The molecule has 0 aliphatic heterocycles. The number of rotatable bonds is 6. The van der Waals surface area contributed by atoms with Crippen molar-refractivity contribution in [3.05, 3.63) is 12.2 Å². The van der Waals surface area contributed by atoms with Gasteiger partial charge in [0.15, 0.2) is 0 Å². The number of carbonyl (C=O) groups is 1. The molecule has 0 saturated carbocycles. The highest BCUT2D eigenvalue weighted by molar-refractivity contribution is 5.78. The highest BCUT2D eigenvalue weighted by Crippen LogP contribution is 1.99. The predicted octanol–water partition coefficient (Wildman–Crippen LogP) is 2.61. The lowest BCUT2D eigenvalue weighted by atomic mass is 10.1. The summed E-state index contributed by atoms with van der Waals surface area (Å²) < 4.78 is 0. The van der Waals surface area contributed by atoms with E-state index in [2.05, 4.69) is 13.0 Å². The Kier molecular flexibility index (Phi) is 7.27. The van der Waals surface area contributed by atoms with E-state index in [0.29, 0.717) is 19.3 Å². The monoisotopic (exact) mass is 165 g/mol. The molecule has 0 radical (unpaired) electrons. The molecule has 2 heteroatoms. The molecule has 0 aromatic rings. The lowest BCUT2D eigenvalue weighted by Crippen LogP contribution is -1.95. The second-order valence-corrected chi connectivity index (χ2v) is 2.62. The Bertz CT molecular complexity index is 189. The Balaban J connectivity index is 3.33. The average molecular weight is 165 g/mol. The van der Waals surface area contributed by atoms with Crippen molar-refractivity contribution >= 4 is 5.78 Å². The van der Waals surface area contributed by atoms with Crippen molar-refractivity contribution < 1.29 is 4.79 Å². The quantitative estimate of drug-likeness (QED) is 0.567. The fourth-order valence-corrected chi connectivity index (χ4v) is 0.849. The highest BCUT2D eigenvalue weighted by Gasteiger charge is 1.98. The molecule has 0 rings (SSSR count). The van der Waals surface area contributed by atoms with Gasteiger partial charge in [-0.3, -0.25) is 4.79 Å². The van der Waals surface area contributed by atoms with Gasteiger partial charge < -0.3 is 0 Å². The summed E-state index contributed by atoms with van der Waals surface area (Å²) in [6.07, 6.45) is 7.26. The van der Waals surface area contributed by atoms with E-state index in [1.807, 2.05) is 12.1 Å². The zero-order valence-electron chi connectivity index (χ0n) is 7.55. The second-order valence-electron chi connectivity index (χ2n) is 2.62. The van der Waals surface area contributed by atoms with Gasteiger partial charge in [-0.15, -0.1) is 0 Å². The lowest BCUT2D eigenvalue weighted by molar-refractivity contribution is -0.118. The van der Waals surface area contributed by atoms with Crippen LogP contribution in [0.15, 0.2) is 12.2 Å². The molecule has 66 valence electrons. The number of allylic oxidation sites excluding steroid dienone is 2. The first-order valence-electron chi connectivity index (χ1n) is 4.35. The van der Waals surface area contributed by atoms with Crippen LogP contribution in [0.25, 0.3) is 0 Å². The fourth-order valence-electron chi connectivity index (χ4n) is 0.849. The molecule has 2 nitrogen and oxygen atoms in total. The lowest BCUT2D eigenvalue weighted by Gasteiger charge is -1.92. The molecule has 0 saturated heterocycles. The van der Waals surface area contributed by atoms with Crippen LogP contribution in [0.1, 0.15) is 39.0 Å². The molecule has 0 atom stereocenters. The maximum Gasteiger partial charge on any atom is 0.134 e. The van der Waals surface area contributed by atoms with E-state index in [0.717, 1.165) is 12.8 Å². The number of ketones is 1. The van der Waals surface area contributed by atoms with Crippen molar-refractivity contribution in [3.8, 4) is 6.07 Å². The number of hydrogen-bond acceptors (Lipinski definition) is 2. The van der Waals surface area contributed by atoms with Gasteiger partial charge in [0.2, 0.25) is 0 Å². The zero-order chi connectivity index (χ0) is 9.23. The molecule has 0 bridgehead atoms. The van der Waals surface area contributed by atoms with E-state index in [4.69, 9.17) is 5.26 Å². The topological polar surface area (TPSA) is 40.9 Å². The van der Waals surface area contributed by atoms with Crippen LogP contribution in [0, 0.1) is 11.3 Å². The van der Waals surface area contributed by atoms with Gasteiger partial charge in [0, 0.05) is 19.3 Å². The van der Waals surface area contributed by atoms with E-state index in [1.165, 1.54) is 0 Å². The SMILES string of the molecule is CC/C=C\CCC(=O)CCC#N. The van der Waals surface area contributed by atoms with Crippen LogP contribution in [0.2, 0.25) is 0 Å². The first-order chi connectivity index (χ1) is 5.81. The molecular weight excluding hydrogens is 150 g/mol. The molecule has 0 aromatic heterocycles. The van der Waals surface area contributed by atoms with Crippen molar-refractivity contribution in [2.24, 2.45) is 0 Å². The van der Waals surface area contributed by atoms with Gasteiger partial charge in [0.25, 0.3) is 0 Å². The summed E-state index contributed by atoms with van der Waals surface area (Å²) in [5.74, 6) is 0.192. The van der Waals surface area contributed by atoms with E-state index in [1.54, 1.807) is 0 Å². The third-order valence-electron chi connectivity index (χ3n) is 1.51. The summed E-state index contributed by atoms with van der Waals surface area (Å²) in [6.45, 7) is 2.06. The molecule has 0 unspecified atom stereocenters. The number of hydrogen-bond donors (Lipinski definition) is 0. The van der Waals surface area contributed by atoms with Gasteiger partial charge in [0.1, 0.15) is 5.78 Å². The first-order valence-corrected chi connectivity index (χ1v) is 4.35. The Morgan fingerprint density at radius 3 is 2.75 bits per heavy atom. The fraction of sp³-hybridized carbons (Fsp3) is 0.600. The van der Waals surface area contributed by atoms with E-state index in [9.17, 15) is 4.79 Å². The molecule has 0 amide bonds. The number of nitrogens with zero attached hydrogens (tertiary/aromatic N) is 1. The average Bonchev–Trinajstić information content (AvgIpc) is 2.09. The number of carbonyl (C=O) groups excluding carboxylic acids is 1. The van der Waals surface area contributed by atoms with Crippen LogP contribution >= 0.6 is 0 Å². The Labute approximate surface area is 73.9 Å². The van der Waals surface area contributed by atoms with Crippen molar-refractivity contribution in [1.82, 2.24) is 0 Å². The summed E-state index contributed by atoms with van der Waals surface area (Å²) in [5, 5.41) is 8.21. The van der Waals surface area contributed by atoms with Crippen LogP contribution < -0.4 is 0 Å². The molecule has 0 aromatic carbocycles. The predicted molar refractivity (Wildman–Crippen MR) is 48.5 cm³/mol. The molecule has 0 heterocycles. The first kappa shape index (κ1) is 10.9. The molecular formula is C10H15NO. The minimum absolute atomic E-state index is 0.192. The molecule has 0 aliphatic rings. The Morgan fingerprint density at radius 2 is 2.17 bits per heavy atom. The highest BCUT2D eigenvalue weighted by atomic mass is 16.1. The standard InChI is InChI=1S/C10H15NO/c1-2-3-4-5-7-10(12)8-6-9-11/h3-4H,2,5-8H2,1H3/b4-3-. The van der Waals surface area contributed by atoms with Crippen LogP contribution in [0.5, 0.6) is 0 Å². The van der Waals surface area contributed by atoms with E-state index >= 15 is 0 Å². The van der Waals surface area contributed by atoms with Crippen LogP contribution in [-0.4, -0.2) is 5.78 Å². The minimum Gasteiger partial charge on any atom is -0.300 e. The van der Waals surface area contributed by atoms with Crippen molar-refractivity contribution in [2.45, 2.75) is 39.0 Å². The van der Waals surface area contributed by atoms with Crippen LogP contribution in [0.3, 0.4) is 0 Å². The summed E-state index contributed by atoms with van der Waals surface area (Å²) in [4.78, 5) is 11.0. The Morgan fingerprint density at radius 1 is 1.42 bits per heavy atom. The smallest absolute Gasteiger partial charge is 0.134 e. The number of Topliss-reactive ketones (excluding diaryl/α,β-unsaturated/α-hetero) is 1. The van der Waals surface area contributed by atoms with Gasteiger partial charge in [0.05, 0.1) is 6.07 Å². The number of nitriles is 1. The van der Waals surface area contributed by atoms with Gasteiger partial charge in [-0.1, -0.05) is 19.1 Å². The Hall–Kier alpha value is -1.10. The molecule has 0 fully saturated rings. The van der Waals surface area contributed by atoms with Crippen molar-refractivity contribution in [2.75, 3.05) is 0 Å². The second kappa shape index (κ2) is 8.00. The maximum absolute atomic E-state index is 11.0. The summed E-state index contributed by atoms with van der Waals surface area (Å²) in [5.41, 5.74) is 0. The minimum atomic E-state index is 0.192. The maximum atomic E-state index is 11.0. The van der Waals surface area contributed by atoms with Gasteiger partial charge in [-0.2, -0.15) is 5.26 Å². The summed E-state index contributed by atoms with van der Waals surface area (Å²) in [6, 6.07) is 1.96. The third kappa shape index (κ3) is 7.01. The molecule has 12 heavy (non-hydrogen) atoms. The van der Waals surface area contributed by atoms with Crippen LogP contribution in [0.4, 0.5) is 0 Å². The van der Waals surface area contributed by atoms with E-state index in [-0.39, 0.29) is 5.78 Å². The molecule has 0 aliphatic carbocycles. The largest absolute Gasteiger partial charge is 0.300 e. The van der Waals surface area contributed by atoms with Crippen molar-refractivity contribution in [3.63, 3.8) is 0 Å². The van der Waals surface area contributed by atoms with E-state index < -0.39 is 0 Å². The van der Waals surface area contributed by atoms with Gasteiger partial charge in [-0.05, 0) is 12.8 Å². The van der Waals surface area contributed by atoms with Gasteiger partial charge >= 0.3 is 0 Å². The summed E-state index contributed by atoms with van der Waals surface area (Å²) >= 11 is 0. The third-order valence-corrected chi connectivity index (χ3v) is 1.51.